The highest BCUT2D eigenvalue weighted by Crippen LogP contribution is 2.43. The molecular weight excluding hydrogens is 236 g/mol. The van der Waals surface area contributed by atoms with E-state index < -0.39 is 0 Å². The van der Waals surface area contributed by atoms with Gasteiger partial charge in [-0.25, -0.2) is 0 Å². The highest BCUT2D eigenvalue weighted by Gasteiger charge is 2.45. The SMILES string of the molecule is N#CC1(c2ccccc2)CC(NCc2cn[nH]c2)C1. The number of aromatic amines is 1. The lowest BCUT2D eigenvalue weighted by Crippen LogP contribution is -2.50. The quantitative estimate of drug-likeness (QED) is 0.876. The van der Waals surface area contributed by atoms with Gasteiger partial charge in [0.1, 0.15) is 0 Å². The maximum Gasteiger partial charge on any atom is 0.0852 e. The summed E-state index contributed by atoms with van der Waals surface area (Å²) < 4.78 is 0. The molecule has 0 atom stereocenters. The van der Waals surface area contributed by atoms with Crippen LogP contribution in [0.2, 0.25) is 0 Å². The molecule has 96 valence electrons. The van der Waals surface area contributed by atoms with Crippen molar-refractivity contribution in [3.63, 3.8) is 0 Å². The number of H-pyrrole nitrogens is 1. The second-order valence-electron chi connectivity index (χ2n) is 5.15. The second-order valence-corrected chi connectivity index (χ2v) is 5.15. The van der Waals surface area contributed by atoms with E-state index in [0.29, 0.717) is 6.04 Å². The van der Waals surface area contributed by atoms with Crippen LogP contribution in [0.25, 0.3) is 0 Å². The predicted octanol–water partition coefficient (Wildman–Crippen LogP) is 2.12. The summed E-state index contributed by atoms with van der Waals surface area (Å²) in [5.41, 5.74) is 1.99. The first-order valence-electron chi connectivity index (χ1n) is 6.50. The average molecular weight is 252 g/mol. The van der Waals surface area contributed by atoms with E-state index in [1.165, 1.54) is 0 Å². The van der Waals surface area contributed by atoms with E-state index in [9.17, 15) is 5.26 Å². The number of aromatic nitrogens is 2. The molecule has 4 nitrogen and oxygen atoms in total. The Balaban J connectivity index is 1.60. The molecule has 0 bridgehead atoms. The van der Waals surface area contributed by atoms with Crippen LogP contribution in [0.5, 0.6) is 0 Å². The second kappa shape index (κ2) is 4.87. The first-order chi connectivity index (χ1) is 9.32. The number of nitrogens with zero attached hydrogens (tertiary/aromatic N) is 2. The third-order valence-corrected chi connectivity index (χ3v) is 3.88. The molecule has 4 heteroatoms. The molecule has 1 aliphatic carbocycles. The minimum absolute atomic E-state index is 0.296. The van der Waals surface area contributed by atoms with Crippen LogP contribution in [0.3, 0.4) is 0 Å². The van der Waals surface area contributed by atoms with Gasteiger partial charge in [-0.1, -0.05) is 30.3 Å². The third kappa shape index (κ3) is 2.25. The van der Waals surface area contributed by atoms with E-state index in [0.717, 1.165) is 30.5 Å². The van der Waals surface area contributed by atoms with Gasteiger partial charge >= 0.3 is 0 Å². The smallest absolute Gasteiger partial charge is 0.0852 e. The first kappa shape index (κ1) is 11.9. The summed E-state index contributed by atoms with van der Waals surface area (Å²) in [6.45, 7) is 0.803. The largest absolute Gasteiger partial charge is 0.310 e. The standard InChI is InChI=1S/C15H16N4/c16-11-15(13-4-2-1-3-5-13)6-14(7-15)17-8-12-9-18-19-10-12/h1-5,9-10,14,17H,6-8H2,(H,18,19). The van der Waals surface area contributed by atoms with Gasteiger partial charge in [0.25, 0.3) is 0 Å². The zero-order chi connectivity index (χ0) is 13.1. The van der Waals surface area contributed by atoms with E-state index in [-0.39, 0.29) is 5.41 Å². The van der Waals surface area contributed by atoms with E-state index >= 15 is 0 Å². The van der Waals surface area contributed by atoms with Crippen molar-refractivity contribution < 1.29 is 0 Å². The van der Waals surface area contributed by atoms with Crippen LogP contribution in [0, 0.1) is 11.3 Å². The van der Waals surface area contributed by atoms with Gasteiger partial charge < -0.3 is 5.32 Å². The summed E-state index contributed by atoms with van der Waals surface area (Å²) in [5, 5.41) is 19.7. The zero-order valence-electron chi connectivity index (χ0n) is 10.6. The lowest BCUT2D eigenvalue weighted by molar-refractivity contribution is 0.225. The van der Waals surface area contributed by atoms with Crippen molar-refractivity contribution in [2.45, 2.75) is 30.8 Å². The molecule has 1 saturated carbocycles. The molecule has 2 aromatic rings. The molecule has 1 heterocycles. The maximum absolute atomic E-state index is 9.47. The van der Waals surface area contributed by atoms with Crippen LogP contribution in [-0.2, 0) is 12.0 Å². The van der Waals surface area contributed by atoms with Crippen molar-refractivity contribution in [3.05, 3.63) is 53.9 Å². The monoisotopic (exact) mass is 252 g/mol. The van der Waals surface area contributed by atoms with Gasteiger partial charge in [0.2, 0.25) is 0 Å². The fourth-order valence-corrected chi connectivity index (χ4v) is 2.71. The molecule has 3 rings (SSSR count). The fourth-order valence-electron chi connectivity index (χ4n) is 2.71. The predicted molar refractivity (Wildman–Crippen MR) is 72.2 cm³/mol. The van der Waals surface area contributed by atoms with Crippen molar-refractivity contribution in [1.29, 1.82) is 5.26 Å². The third-order valence-electron chi connectivity index (χ3n) is 3.88. The van der Waals surface area contributed by atoms with Gasteiger partial charge in [0.05, 0.1) is 17.7 Å². The first-order valence-corrected chi connectivity index (χ1v) is 6.50. The Morgan fingerprint density at radius 1 is 1.37 bits per heavy atom. The van der Waals surface area contributed by atoms with Gasteiger partial charge in [-0.2, -0.15) is 10.4 Å². The molecule has 1 aromatic heterocycles. The Bertz CT molecular complexity index is 562. The number of rotatable bonds is 4. The average Bonchev–Trinajstić information content (AvgIpc) is 2.92. The molecule has 1 aliphatic rings. The molecule has 0 unspecified atom stereocenters. The summed E-state index contributed by atoms with van der Waals surface area (Å²) in [4.78, 5) is 0. The topological polar surface area (TPSA) is 64.5 Å². The number of nitrogens with one attached hydrogen (secondary N) is 2. The number of hydrogen-bond donors (Lipinski definition) is 2. The van der Waals surface area contributed by atoms with Crippen molar-refractivity contribution in [1.82, 2.24) is 15.5 Å². The van der Waals surface area contributed by atoms with Gasteiger partial charge in [-0.3, -0.25) is 5.10 Å². The highest BCUT2D eigenvalue weighted by molar-refractivity contribution is 5.36. The molecule has 1 aromatic carbocycles. The van der Waals surface area contributed by atoms with Crippen LogP contribution in [0.1, 0.15) is 24.0 Å². The summed E-state index contributed by atoms with van der Waals surface area (Å²) >= 11 is 0. The Kier molecular flexibility index (Phi) is 3.06. The van der Waals surface area contributed by atoms with Crippen LogP contribution in [0.4, 0.5) is 0 Å². The van der Waals surface area contributed by atoms with Gasteiger partial charge in [-0.05, 0) is 18.4 Å². The Morgan fingerprint density at radius 2 is 2.16 bits per heavy atom. The van der Waals surface area contributed by atoms with E-state index in [1.807, 2.05) is 30.6 Å². The van der Waals surface area contributed by atoms with Gasteiger partial charge in [0, 0.05) is 24.3 Å². The molecule has 0 spiro atoms. The van der Waals surface area contributed by atoms with E-state index in [2.05, 4.69) is 33.7 Å². The van der Waals surface area contributed by atoms with Crippen molar-refractivity contribution in [2.24, 2.45) is 0 Å². The molecule has 1 fully saturated rings. The molecule has 0 aliphatic heterocycles. The molecule has 19 heavy (non-hydrogen) atoms. The summed E-state index contributed by atoms with van der Waals surface area (Å²) in [6.07, 6.45) is 5.47. The fraction of sp³-hybridized carbons (Fsp3) is 0.333. The number of hydrogen-bond acceptors (Lipinski definition) is 3. The van der Waals surface area contributed by atoms with Crippen LogP contribution >= 0.6 is 0 Å². The normalized spacial score (nSPS) is 25.5. The van der Waals surface area contributed by atoms with Crippen molar-refractivity contribution in [2.75, 3.05) is 0 Å². The van der Waals surface area contributed by atoms with Crippen LogP contribution in [0.15, 0.2) is 42.7 Å². The number of benzene rings is 1. The Hall–Kier alpha value is -2.12. The van der Waals surface area contributed by atoms with Crippen molar-refractivity contribution >= 4 is 0 Å². The van der Waals surface area contributed by atoms with Gasteiger partial charge in [-0.15, -0.1) is 0 Å². The van der Waals surface area contributed by atoms with Crippen molar-refractivity contribution in [3.8, 4) is 6.07 Å². The molecule has 2 N–H and O–H groups in total. The van der Waals surface area contributed by atoms with Crippen LogP contribution in [-0.4, -0.2) is 16.2 Å². The summed E-state index contributed by atoms with van der Waals surface area (Å²) in [6, 6.07) is 13.0. The zero-order valence-corrected chi connectivity index (χ0v) is 10.6. The lowest BCUT2D eigenvalue weighted by atomic mass is 9.62. The minimum atomic E-state index is -0.296. The van der Waals surface area contributed by atoms with Crippen LogP contribution < -0.4 is 5.32 Å². The highest BCUT2D eigenvalue weighted by atomic mass is 15.1. The van der Waals surface area contributed by atoms with E-state index in [1.54, 1.807) is 0 Å². The molecule has 0 amide bonds. The van der Waals surface area contributed by atoms with Gasteiger partial charge in [0.15, 0.2) is 0 Å². The lowest BCUT2D eigenvalue weighted by Gasteiger charge is -2.43. The summed E-state index contributed by atoms with van der Waals surface area (Å²) in [7, 11) is 0. The minimum Gasteiger partial charge on any atom is -0.310 e. The maximum atomic E-state index is 9.47. The number of nitriles is 1. The Morgan fingerprint density at radius 3 is 2.79 bits per heavy atom. The van der Waals surface area contributed by atoms with E-state index in [4.69, 9.17) is 0 Å². The Labute approximate surface area is 112 Å². The summed E-state index contributed by atoms with van der Waals surface area (Å²) in [5.74, 6) is 0. The molecular formula is C15H16N4. The molecule has 0 saturated heterocycles. The molecule has 0 radical (unpaired) electrons.